The third-order valence-corrected chi connectivity index (χ3v) is 3.77. The number of ketones is 1. The molecule has 2 nitrogen and oxygen atoms in total. The molecule has 1 aromatic rings. The summed E-state index contributed by atoms with van der Waals surface area (Å²) in [6.07, 6.45) is 0. The number of rotatable bonds is 2. The molecular formula is C12H14BrClFNO. The van der Waals surface area contributed by atoms with E-state index in [0.717, 1.165) is 0 Å². The molecule has 0 saturated heterocycles. The van der Waals surface area contributed by atoms with E-state index < -0.39 is 23.1 Å². The minimum atomic E-state index is -0.769. The molecule has 2 N–H and O–H groups in total. The molecule has 0 aromatic heterocycles. The van der Waals surface area contributed by atoms with Gasteiger partial charge in [0, 0.05) is 4.47 Å². The van der Waals surface area contributed by atoms with Crippen LogP contribution in [0.1, 0.15) is 31.1 Å². The molecule has 1 aromatic carbocycles. The van der Waals surface area contributed by atoms with Crippen molar-refractivity contribution in [2.24, 2.45) is 11.1 Å². The van der Waals surface area contributed by atoms with E-state index in [2.05, 4.69) is 15.9 Å². The first-order valence-electron chi connectivity index (χ1n) is 5.09. The molecule has 0 saturated carbocycles. The topological polar surface area (TPSA) is 43.1 Å². The van der Waals surface area contributed by atoms with Gasteiger partial charge in [-0.3, -0.25) is 4.79 Å². The van der Waals surface area contributed by atoms with Gasteiger partial charge in [0.1, 0.15) is 0 Å². The van der Waals surface area contributed by atoms with Crippen molar-refractivity contribution < 1.29 is 9.18 Å². The number of carbonyl (C=O) groups excluding carboxylic acids is 1. The zero-order valence-corrected chi connectivity index (χ0v) is 12.2. The van der Waals surface area contributed by atoms with Crippen LogP contribution in [0.2, 0.25) is 5.02 Å². The highest BCUT2D eigenvalue weighted by atomic mass is 79.9. The smallest absolute Gasteiger partial charge is 0.183 e. The highest BCUT2D eigenvalue weighted by Gasteiger charge is 2.30. The van der Waals surface area contributed by atoms with Gasteiger partial charge in [-0.15, -0.1) is 0 Å². The fourth-order valence-electron chi connectivity index (χ4n) is 1.28. The third kappa shape index (κ3) is 3.06. The quantitative estimate of drug-likeness (QED) is 0.665. The molecule has 0 amide bonds. The van der Waals surface area contributed by atoms with E-state index in [1.54, 1.807) is 0 Å². The predicted molar refractivity (Wildman–Crippen MR) is 70.9 cm³/mol. The van der Waals surface area contributed by atoms with Gasteiger partial charge in [-0.1, -0.05) is 32.4 Å². The molecule has 0 heterocycles. The highest BCUT2D eigenvalue weighted by Crippen LogP contribution is 2.29. The monoisotopic (exact) mass is 321 g/mol. The Morgan fingerprint density at radius 2 is 2.00 bits per heavy atom. The summed E-state index contributed by atoms with van der Waals surface area (Å²) < 4.78 is 14.2. The van der Waals surface area contributed by atoms with Crippen LogP contribution < -0.4 is 5.73 Å². The molecule has 0 spiro atoms. The Kier molecular flexibility index (Phi) is 4.33. The molecule has 94 valence electrons. The normalized spacial score (nSPS) is 13.6. The maximum absolute atomic E-state index is 13.8. The number of hydrogen-bond donors (Lipinski definition) is 1. The summed E-state index contributed by atoms with van der Waals surface area (Å²) in [5.41, 5.74) is 5.32. The molecule has 0 fully saturated rings. The van der Waals surface area contributed by atoms with Gasteiger partial charge in [0.15, 0.2) is 11.6 Å². The number of nitrogens with two attached hydrogens (primary N) is 1. The lowest BCUT2D eigenvalue weighted by Crippen LogP contribution is -2.42. The Bertz CT molecular complexity index is 457. The minimum absolute atomic E-state index is 0.0689. The Labute approximate surface area is 113 Å². The van der Waals surface area contributed by atoms with Crippen LogP contribution in [0.25, 0.3) is 0 Å². The Morgan fingerprint density at radius 1 is 1.47 bits per heavy atom. The zero-order chi connectivity index (χ0) is 13.4. The Hall–Kier alpha value is -0.450. The van der Waals surface area contributed by atoms with Crippen molar-refractivity contribution in [2.45, 2.75) is 26.8 Å². The molecule has 0 bridgehead atoms. The molecule has 1 rings (SSSR count). The van der Waals surface area contributed by atoms with E-state index in [1.807, 2.05) is 20.8 Å². The highest BCUT2D eigenvalue weighted by molar-refractivity contribution is 9.10. The fourth-order valence-corrected chi connectivity index (χ4v) is 1.75. The van der Waals surface area contributed by atoms with Crippen molar-refractivity contribution in [3.8, 4) is 0 Å². The first-order valence-corrected chi connectivity index (χ1v) is 6.26. The second-order valence-electron chi connectivity index (χ2n) is 4.93. The number of hydrogen-bond acceptors (Lipinski definition) is 2. The van der Waals surface area contributed by atoms with Gasteiger partial charge >= 0.3 is 0 Å². The summed E-state index contributed by atoms with van der Waals surface area (Å²) in [5, 5.41) is -0.100. The van der Waals surface area contributed by atoms with Crippen molar-refractivity contribution in [3.05, 3.63) is 33.0 Å². The fraction of sp³-hybridized carbons (Fsp3) is 0.417. The van der Waals surface area contributed by atoms with Gasteiger partial charge in [-0.05, 0) is 33.5 Å². The van der Waals surface area contributed by atoms with Gasteiger partial charge in [0.25, 0.3) is 0 Å². The largest absolute Gasteiger partial charge is 0.321 e. The molecule has 5 heteroatoms. The van der Waals surface area contributed by atoms with E-state index in [0.29, 0.717) is 4.47 Å². The first-order chi connectivity index (χ1) is 7.66. The van der Waals surface area contributed by atoms with E-state index in [-0.39, 0.29) is 10.6 Å². The van der Waals surface area contributed by atoms with Crippen molar-refractivity contribution >= 4 is 33.3 Å². The van der Waals surface area contributed by atoms with Crippen LogP contribution in [0.5, 0.6) is 0 Å². The summed E-state index contributed by atoms with van der Waals surface area (Å²) in [6.45, 7) is 5.48. The maximum atomic E-state index is 13.8. The van der Waals surface area contributed by atoms with Crippen LogP contribution in [0.3, 0.4) is 0 Å². The van der Waals surface area contributed by atoms with Gasteiger partial charge in [0.05, 0.1) is 16.6 Å². The summed E-state index contributed by atoms with van der Waals surface area (Å²) in [5.74, 6) is -1.17. The number of Topliss-reactive ketones (excluding diaryl/α,β-unsaturated/α-hetero) is 1. The van der Waals surface area contributed by atoms with Crippen LogP contribution >= 0.6 is 27.5 Å². The van der Waals surface area contributed by atoms with Crippen molar-refractivity contribution in [1.29, 1.82) is 0 Å². The Morgan fingerprint density at radius 3 is 2.47 bits per heavy atom. The minimum Gasteiger partial charge on any atom is -0.321 e. The Balaban J connectivity index is 3.19. The van der Waals surface area contributed by atoms with Crippen LogP contribution in [0.4, 0.5) is 4.39 Å². The van der Waals surface area contributed by atoms with E-state index in [1.165, 1.54) is 12.1 Å². The lowest BCUT2D eigenvalue weighted by atomic mass is 9.83. The average molecular weight is 323 g/mol. The van der Waals surface area contributed by atoms with Crippen molar-refractivity contribution in [2.75, 3.05) is 0 Å². The summed E-state index contributed by atoms with van der Waals surface area (Å²) >= 11 is 8.82. The van der Waals surface area contributed by atoms with Gasteiger partial charge in [-0.2, -0.15) is 0 Å². The molecule has 17 heavy (non-hydrogen) atoms. The molecule has 0 radical (unpaired) electrons. The molecule has 0 aliphatic rings. The van der Waals surface area contributed by atoms with E-state index >= 15 is 0 Å². The summed E-state index contributed by atoms with van der Waals surface area (Å²) in [7, 11) is 0. The van der Waals surface area contributed by atoms with Crippen LogP contribution in [-0.4, -0.2) is 11.8 Å². The lowest BCUT2D eigenvalue weighted by Gasteiger charge is -2.25. The zero-order valence-electron chi connectivity index (χ0n) is 9.85. The van der Waals surface area contributed by atoms with Gasteiger partial charge in [-0.25, -0.2) is 4.39 Å². The van der Waals surface area contributed by atoms with Gasteiger partial charge in [0.2, 0.25) is 0 Å². The molecule has 0 aliphatic heterocycles. The second kappa shape index (κ2) is 5.04. The molecular weight excluding hydrogens is 308 g/mol. The van der Waals surface area contributed by atoms with Gasteiger partial charge < -0.3 is 5.73 Å². The molecule has 1 atom stereocenters. The predicted octanol–water partition coefficient (Wildman–Crippen LogP) is 3.80. The van der Waals surface area contributed by atoms with Crippen molar-refractivity contribution in [1.82, 2.24) is 0 Å². The van der Waals surface area contributed by atoms with E-state index in [4.69, 9.17) is 17.3 Å². The lowest BCUT2D eigenvalue weighted by molar-refractivity contribution is 0.0897. The maximum Gasteiger partial charge on any atom is 0.183 e. The van der Waals surface area contributed by atoms with Crippen LogP contribution in [0.15, 0.2) is 16.6 Å². The van der Waals surface area contributed by atoms with Crippen LogP contribution in [0, 0.1) is 11.2 Å². The van der Waals surface area contributed by atoms with Crippen molar-refractivity contribution in [3.63, 3.8) is 0 Å². The van der Waals surface area contributed by atoms with E-state index in [9.17, 15) is 9.18 Å². The molecule has 1 unspecified atom stereocenters. The number of halogens is 3. The number of benzene rings is 1. The molecule has 0 aliphatic carbocycles. The average Bonchev–Trinajstić information content (AvgIpc) is 2.23. The third-order valence-electron chi connectivity index (χ3n) is 2.52. The first kappa shape index (κ1) is 14.6. The number of carbonyl (C=O) groups is 1. The SMILES string of the molecule is CC(C)(C)C(N)C(=O)c1ccc(Br)c(Cl)c1F. The second-order valence-corrected chi connectivity index (χ2v) is 6.16. The summed E-state index contributed by atoms with van der Waals surface area (Å²) in [6, 6.07) is 2.15. The van der Waals surface area contributed by atoms with Crippen LogP contribution in [-0.2, 0) is 0 Å². The summed E-state index contributed by atoms with van der Waals surface area (Å²) in [4.78, 5) is 12.0. The standard InChI is InChI=1S/C12H14BrClFNO/c1-12(2,3)11(16)10(17)6-4-5-7(13)8(14)9(6)15/h4-5,11H,16H2,1-3H3.